The van der Waals surface area contributed by atoms with Crippen LogP contribution in [0, 0.1) is 11.8 Å². The Labute approximate surface area is 207 Å². The third-order valence-corrected chi connectivity index (χ3v) is 8.66. The first-order chi connectivity index (χ1) is 16.1. The predicted molar refractivity (Wildman–Crippen MR) is 128 cm³/mol. The lowest BCUT2D eigenvalue weighted by atomic mass is 10.0. The van der Waals surface area contributed by atoms with Crippen molar-refractivity contribution in [3.63, 3.8) is 0 Å². The van der Waals surface area contributed by atoms with Crippen LogP contribution < -0.4 is 14.9 Å². The van der Waals surface area contributed by atoms with Crippen LogP contribution in [0.2, 0.25) is 10.0 Å². The Morgan fingerprint density at radius 3 is 2.68 bits per heavy atom. The molecule has 2 heterocycles. The average Bonchev–Trinajstić information content (AvgIpc) is 3.45. The van der Waals surface area contributed by atoms with Crippen LogP contribution in [-0.2, 0) is 14.8 Å². The van der Waals surface area contributed by atoms with Crippen LogP contribution in [0.4, 0.5) is 20.3 Å². The molecule has 1 saturated heterocycles. The number of nitrogens with zero attached hydrogens (tertiary/aromatic N) is 2. The number of nitrogens with one attached hydrogen (secondary N) is 2. The van der Waals surface area contributed by atoms with Crippen LogP contribution in [0.15, 0.2) is 29.2 Å². The van der Waals surface area contributed by atoms with Crippen LogP contribution >= 0.6 is 23.2 Å². The van der Waals surface area contributed by atoms with Crippen LogP contribution in [0.5, 0.6) is 0 Å². The maximum absolute atomic E-state index is 15.3. The van der Waals surface area contributed by atoms with Crippen molar-refractivity contribution in [2.75, 3.05) is 36.4 Å². The number of ether oxygens (including phenoxy) is 1. The highest BCUT2D eigenvalue weighted by Crippen LogP contribution is 2.41. The number of benzene rings is 1. The quantitative estimate of drug-likeness (QED) is 0.380. The average molecular weight is 535 g/mol. The van der Waals surface area contributed by atoms with Gasteiger partial charge in [0.2, 0.25) is 5.95 Å². The van der Waals surface area contributed by atoms with Gasteiger partial charge in [-0.05, 0) is 37.5 Å². The number of halogens is 4. The first kappa shape index (κ1) is 25.4. The van der Waals surface area contributed by atoms with Gasteiger partial charge in [0, 0.05) is 32.8 Å². The second kappa shape index (κ2) is 10.1. The Balaban J connectivity index is 1.56. The Bertz CT molecular complexity index is 1170. The minimum absolute atomic E-state index is 0.284. The van der Waals surface area contributed by atoms with Gasteiger partial charge >= 0.3 is 0 Å². The third-order valence-electron chi connectivity index (χ3n) is 6.48. The van der Waals surface area contributed by atoms with Crippen molar-refractivity contribution in [1.29, 1.82) is 0 Å². The minimum atomic E-state index is -4.52. The molecule has 0 radical (unpaired) electrons. The van der Waals surface area contributed by atoms with E-state index in [0.717, 1.165) is 18.9 Å². The van der Waals surface area contributed by atoms with Crippen molar-refractivity contribution < 1.29 is 21.9 Å². The summed E-state index contributed by atoms with van der Waals surface area (Å²) in [6.07, 6.45) is 5.41. The Hall–Kier alpha value is -1.72. The van der Waals surface area contributed by atoms with Crippen molar-refractivity contribution in [3.05, 3.63) is 46.1 Å². The van der Waals surface area contributed by atoms with Gasteiger partial charge in [0.15, 0.2) is 5.82 Å². The summed E-state index contributed by atoms with van der Waals surface area (Å²) in [6.45, 7) is 1.62. The Morgan fingerprint density at radius 1 is 1.26 bits per heavy atom. The van der Waals surface area contributed by atoms with Crippen molar-refractivity contribution in [2.24, 2.45) is 0 Å². The Morgan fingerprint density at radius 2 is 2.00 bits per heavy atom. The molecule has 186 valence electrons. The van der Waals surface area contributed by atoms with E-state index < -0.39 is 32.3 Å². The monoisotopic (exact) mass is 534 g/mol. The molecule has 12 heteroatoms. The summed E-state index contributed by atoms with van der Waals surface area (Å²) in [5.74, 6) is -2.39. The van der Waals surface area contributed by atoms with Crippen molar-refractivity contribution in [2.45, 2.75) is 48.6 Å². The van der Waals surface area contributed by atoms with E-state index in [2.05, 4.69) is 10.3 Å². The lowest BCUT2D eigenvalue weighted by Gasteiger charge is -2.30. The second-order valence-electron chi connectivity index (χ2n) is 8.71. The summed E-state index contributed by atoms with van der Waals surface area (Å²) in [4.78, 5) is 4.45. The summed E-state index contributed by atoms with van der Waals surface area (Å²) in [7, 11) is -2.87. The van der Waals surface area contributed by atoms with E-state index in [1.54, 1.807) is 7.11 Å². The molecule has 2 fully saturated rings. The van der Waals surface area contributed by atoms with Crippen LogP contribution in [0.25, 0.3) is 0 Å². The number of hydrogen-bond acceptors (Lipinski definition) is 6. The molecule has 0 amide bonds. The summed E-state index contributed by atoms with van der Waals surface area (Å²) in [6, 6.07) is 5.36. The number of methoxy groups -OCH3 is 1. The fraction of sp³-hybridized carbons (Fsp3) is 0.500. The van der Waals surface area contributed by atoms with E-state index >= 15 is 4.39 Å². The summed E-state index contributed by atoms with van der Waals surface area (Å²) in [5.41, 5.74) is -0.198. The molecular formula is C22H26Cl2F2N4O3S. The summed E-state index contributed by atoms with van der Waals surface area (Å²) in [5, 5.41) is 2.86. The van der Waals surface area contributed by atoms with Gasteiger partial charge in [-0.15, -0.1) is 0 Å². The van der Waals surface area contributed by atoms with E-state index in [4.69, 9.17) is 27.9 Å². The zero-order valence-corrected chi connectivity index (χ0v) is 20.9. The molecule has 2 aliphatic rings. The lowest BCUT2D eigenvalue weighted by molar-refractivity contribution is 0.00762. The number of pyridine rings is 1. The standard InChI is InChI=1S/C22H26Cl2F2N4O3S/c1-33-22(12-27-14-5-2-3-6-14)9-10-30(13-22)16-11-15(23)21(20(26)19(16)24)34(31,32)29-18-8-4-7-17(25)28-18/h4,7-8,11,14,27H,2-3,5-6,9-10,12-13H2,1H3,(H,28,29)/t22-/m1/s1. The smallest absolute Gasteiger partial charge is 0.267 e. The summed E-state index contributed by atoms with van der Waals surface area (Å²) < 4.78 is 62.1. The van der Waals surface area contributed by atoms with Gasteiger partial charge in [0.1, 0.15) is 15.7 Å². The SMILES string of the molecule is CO[C@@]1(CNC2CCCC2)CCN(c2cc(Cl)c(S(=O)(=O)Nc3cccc(F)n3)c(F)c2Cl)C1. The molecule has 0 spiro atoms. The molecule has 0 bridgehead atoms. The maximum atomic E-state index is 15.3. The topological polar surface area (TPSA) is 83.6 Å². The number of hydrogen-bond donors (Lipinski definition) is 2. The van der Waals surface area contributed by atoms with Gasteiger partial charge in [-0.3, -0.25) is 4.72 Å². The van der Waals surface area contributed by atoms with Crippen LogP contribution in [0.3, 0.4) is 0 Å². The number of anilines is 2. The van der Waals surface area contributed by atoms with E-state index in [1.165, 1.54) is 31.0 Å². The van der Waals surface area contributed by atoms with Gasteiger partial charge < -0.3 is 15.0 Å². The normalized spacial score (nSPS) is 21.4. The molecule has 1 atom stereocenters. The third kappa shape index (κ3) is 5.26. The van der Waals surface area contributed by atoms with E-state index in [1.807, 2.05) is 9.62 Å². The molecule has 34 heavy (non-hydrogen) atoms. The summed E-state index contributed by atoms with van der Waals surface area (Å²) >= 11 is 12.5. The van der Waals surface area contributed by atoms with E-state index in [9.17, 15) is 12.8 Å². The van der Waals surface area contributed by atoms with E-state index in [-0.39, 0.29) is 21.6 Å². The van der Waals surface area contributed by atoms with Gasteiger partial charge in [-0.1, -0.05) is 42.1 Å². The highest BCUT2D eigenvalue weighted by molar-refractivity contribution is 7.92. The molecule has 2 aromatic rings. The van der Waals surface area contributed by atoms with E-state index in [0.29, 0.717) is 32.1 Å². The van der Waals surface area contributed by atoms with Crippen molar-refractivity contribution in [3.8, 4) is 0 Å². The largest absolute Gasteiger partial charge is 0.375 e. The lowest BCUT2D eigenvalue weighted by Crippen LogP contribution is -2.47. The van der Waals surface area contributed by atoms with Crippen LogP contribution in [0.1, 0.15) is 32.1 Å². The minimum Gasteiger partial charge on any atom is -0.375 e. The molecular weight excluding hydrogens is 509 g/mol. The molecule has 1 aromatic heterocycles. The molecule has 1 saturated carbocycles. The fourth-order valence-corrected chi connectivity index (χ4v) is 6.55. The maximum Gasteiger partial charge on any atom is 0.267 e. The zero-order chi connectivity index (χ0) is 24.5. The highest BCUT2D eigenvalue weighted by Gasteiger charge is 2.40. The van der Waals surface area contributed by atoms with Gasteiger partial charge in [-0.2, -0.15) is 4.39 Å². The molecule has 0 unspecified atom stereocenters. The predicted octanol–water partition coefficient (Wildman–Crippen LogP) is 4.59. The second-order valence-corrected chi connectivity index (χ2v) is 11.1. The molecule has 7 nitrogen and oxygen atoms in total. The molecule has 1 aliphatic heterocycles. The fourth-order valence-electron chi connectivity index (χ4n) is 4.59. The number of rotatable bonds is 8. The van der Waals surface area contributed by atoms with Crippen molar-refractivity contribution in [1.82, 2.24) is 10.3 Å². The first-order valence-corrected chi connectivity index (χ1v) is 13.2. The molecule has 1 aliphatic carbocycles. The van der Waals surface area contributed by atoms with Gasteiger partial charge in [0.05, 0.1) is 16.3 Å². The molecule has 1 aromatic carbocycles. The Kier molecular flexibility index (Phi) is 7.54. The van der Waals surface area contributed by atoms with Gasteiger partial charge in [-0.25, -0.2) is 17.8 Å². The number of aromatic nitrogens is 1. The number of sulfonamides is 1. The van der Waals surface area contributed by atoms with Crippen LogP contribution in [-0.4, -0.2) is 51.8 Å². The zero-order valence-electron chi connectivity index (χ0n) is 18.6. The van der Waals surface area contributed by atoms with Gasteiger partial charge in [0.25, 0.3) is 10.0 Å². The highest BCUT2D eigenvalue weighted by atomic mass is 35.5. The van der Waals surface area contributed by atoms with Crippen molar-refractivity contribution >= 4 is 44.7 Å². The molecule has 4 rings (SSSR count). The molecule has 2 N–H and O–H groups in total. The first-order valence-electron chi connectivity index (χ1n) is 11.0.